The Morgan fingerprint density at radius 1 is 1.12 bits per heavy atom. The molecule has 0 bridgehead atoms. The maximum absolute atomic E-state index is 14.3. The van der Waals surface area contributed by atoms with E-state index in [4.69, 9.17) is 0 Å². The number of nitrogens with one attached hydrogen (secondary N) is 1. The largest absolute Gasteiger partial charge is 0.371 e. The Morgan fingerprint density at radius 3 is 2.69 bits per heavy atom. The quantitative estimate of drug-likeness (QED) is 0.510. The summed E-state index contributed by atoms with van der Waals surface area (Å²) in [6, 6.07) is 15.3. The van der Waals surface area contributed by atoms with Crippen molar-refractivity contribution in [3.8, 4) is 11.3 Å². The molecule has 0 aliphatic carbocycles. The highest BCUT2D eigenvalue weighted by molar-refractivity contribution is 7.14. The Labute approximate surface area is 156 Å². The number of hydrazone groups is 1. The summed E-state index contributed by atoms with van der Waals surface area (Å²) in [6.07, 6.45) is 3.84. The Morgan fingerprint density at radius 2 is 1.92 bits per heavy atom. The van der Waals surface area contributed by atoms with Gasteiger partial charge in [0.05, 0.1) is 11.9 Å². The van der Waals surface area contributed by atoms with Crippen LogP contribution in [-0.2, 0) is 0 Å². The van der Waals surface area contributed by atoms with E-state index in [0.29, 0.717) is 10.7 Å². The lowest BCUT2D eigenvalue weighted by Crippen LogP contribution is -2.17. The van der Waals surface area contributed by atoms with Crippen LogP contribution in [0.2, 0.25) is 0 Å². The molecule has 0 spiro atoms. The zero-order valence-corrected chi connectivity index (χ0v) is 15.0. The van der Waals surface area contributed by atoms with Crippen molar-refractivity contribution in [2.75, 3.05) is 23.4 Å². The van der Waals surface area contributed by atoms with Gasteiger partial charge in [0.2, 0.25) is 5.13 Å². The van der Waals surface area contributed by atoms with Crippen LogP contribution in [0.25, 0.3) is 11.3 Å². The minimum absolute atomic E-state index is 0.260. The first-order valence-electron chi connectivity index (χ1n) is 8.64. The molecule has 0 saturated carbocycles. The predicted molar refractivity (Wildman–Crippen MR) is 107 cm³/mol. The number of rotatable bonds is 5. The van der Waals surface area contributed by atoms with Crippen molar-refractivity contribution in [3.05, 3.63) is 65.3 Å². The summed E-state index contributed by atoms with van der Waals surface area (Å²) in [6.45, 7) is 2.00. The zero-order chi connectivity index (χ0) is 17.8. The van der Waals surface area contributed by atoms with Gasteiger partial charge in [0.1, 0.15) is 5.82 Å². The van der Waals surface area contributed by atoms with E-state index in [-0.39, 0.29) is 5.82 Å². The first kappa shape index (κ1) is 16.7. The Hall–Kier alpha value is -2.73. The number of anilines is 2. The monoisotopic (exact) mass is 366 g/mol. The number of hydrogen-bond acceptors (Lipinski definition) is 5. The van der Waals surface area contributed by atoms with Gasteiger partial charge in [-0.15, -0.1) is 11.3 Å². The standard InChI is InChI=1S/C20H19FN4S/c21-18-12-17(25-10-4-5-11-25)9-8-16(18)13-22-24-20-23-19(14-26-20)15-6-2-1-3-7-15/h1-3,6-9,12-14H,4-5,10-11H2,(H,23,24). The molecule has 1 aromatic heterocycles. The van der Waals surface area contributed by atoms with Gasteiger partial charge in [-0.3, -0.25) is 5.43 Å². The summed E-state index contributed by atoms with van der Waals surface area (Å²) in [4.78, 5) is 6.70. The lowest BCUT2D eigenvalue weighted by molar-refractivity contribution is 0.625. The molecule has 6 heteroatoms. The van der Waals surface area contributed by atoms with E-state index in [0.717, 1.165) is 30.0 Å². The molecule has 2 heterocycles. The third-order valence-corrected chi connectivity index (χ3v) is 5.14. The molecule has 1 fully saturated rings. The Balaban J connectivity index is 1.41. The highest BCUT2D eigenvalue weighted by atomic mass is 32.1. The summed E-state index contributed by atoms with van der Waals surface area (Å²) in [5.74, 6) is -0.260. The van der Waals surface area contributed by atoms with Crippen molar-refractivity contribution in [1.82, 2.24) is 4.98 Å². The number of nitrogens with zero attached hydrogens (tertiary/aromatic N) is 3. The van der Waals surface area contributed by atoms with E-state index in [2.05, 4.69) is 20.4 Å². The number of hydrogen-bond donors (Lipinski definition) is 1. The molecular formula is C20H19FN4S. The molecule has 0 amide bonds. The van der Waals surface area contributed by atoms with E-state index >= 15 is 0 Å². The van der Waals surface area contributed by atoms with Gasteiger partial charge in [-0.2, -0.15) is 5.10 Å². The van der Waals surface area contributed by atoms with E-state index in [1.54, 1.807) is 12.1 Å². The van der Waals surface area contributed by atoms with Gasteiger partial charge in [-0.1, -0.05) is 30.3 Å². The molecule has 1 aliphatic heterocycles. The normalized spacial score (nSPS) is 14.3. The first-order valence-corrected chi connectivity index (χ1v) is 9.52. The van der Waals surface area contributed by atoms with Crippen LogP contribution in [0.4, 0.5) is 15.2 Å². The summed E-state index contributed by atoms with van der Waals surface area (Å²) in [5, 5.41) is 6.77. The lowest BCUT2D eigenvalue weighted by Gasteiger charge is -2.17. The Bertz CT molecular complexity index is 901. The van der Waals surface area contributed by atoms with Gasteiger partial charge >= 0.3 is 0 Å². The molecule has 1 N–H and O–H groups in total. The van der Waals surface area contributed by atoms with E-state index in [1.165, 1.54) is 30.4 Å². The molecule has 0 radical (unpaired) electrons. The maximum Gasteiger partial charge on any atom is 0.203 e. The van der Waals surface area contributed by atoms with Crippen LogP contribution in [0.3, 0.4) is 0 Å². The highest BCUT2D eigenvalue weighted by Gasteiger charge is 2.13. The SMILES string of the molecule is Fc1cc(N2CCCC2)ccc1C=NNc1nc(-c2ccccc2)cs1. The van der Waals surface area contributed by atoms with Gasteiger partial charge in [0.15, 0.2) is 0 Å². The van der Waals surface area contributed by atoms with Gasteiger partial charge < -0.3 is 4.90 Å². The third-order valence-electron chi connectivity index (χ3n) is 4.39. The molecule has 4 nitrogen and oxygen atoms in total. The van der Waals surface area contributed by atoms with Crippen LogP contribution in [0.1, 0.15) is 18.4 Å². The van der Waals surface area contributed by atoms with Gasteiger partial charge in [-0.05, 0) is 31.0 Å². The minimum atomic E-state index is -0.260. The van der Waals surface area contributed by atoms with E-state index < -0.39 is 0 Å². The van der Waals surface area contributed by atoms with Crippen LogP contribution in [0.5, 0.6) is 0 Å². The maximum atomic E-state index is 14.3. The Kier molecular flexibility index (Phi) is 4.93. The average Bonchev–Trinajstić information content (AvgIpc) is 3.36. The fourth-order valence-electron chi connectivity index (χ4n) is 3.02. The van der Waals surface area contributed by atoms with Crippen LogP contribution in [0, 0.1) is 5.82 Å². The van der Waals surface area contributed by atoms with Gasteiger partial charge in [0.25, 0.3) is 0 Å². The van der Waals surface area contributed by atoms with Gasteiger partial charge in [0, 0.05) is 35.3 Å². The number of halogens is 1. The lowest BCUT2D eigenvalue weighted by atomic mass is 10.2. The second-order valence-electron chi connectivity index (χ2n) is 6.17. The smallest absolute Gasteiger partial charge is 0.203 e. The molecule has 4 rings (SSSR count). The second kappa shape index (κ2) is 7.66. The topological polar surface area (TPSA) is 40.5 Å². The molecule has 2 aromatic carbocycles. The molecular weight excluding hydrogens is 347 g/mol. The molecule has 1 saturated heterocycles. The fourth-order valence-corrected chi connectivity index (χ4v) is 3.68. The van der Waals surface area contributed by atoms with Crippen molar-refractivity contribution in [2.24, 2.45) is 5.10 Å². The molecule has 0 atom stereocenters. The highest BCUT2D eigenvalue weighted by Crippen LogP contribution is 2.25. The molecule has 1 aliphatic rings. The molecule has 26 heavy (non-hydrogen) atoms. The number of thiazole rings is 1. The third kappa shape index (κ3) is 3.75. The summed E-state index contributed by atoms with van der Waals surface area (Å²) in [7, 11) is 0. The van der Waals surface area contributed by atoms with Crippen molar-refractivity contribution >= 4 is 28.4 Å². The van der Waals surface area contributed by atoms with Crippen LogP contribution in [0.15, 0.2) is 59.0 Å². The van der Waals surface area contributed by atoms with Crippen LogP contribution >= 0.6 is 11.3 Å². The summed E-state index contributed by atoms with van der Waals surface area (Å²) in [5.41, 5.74) is 6.24. The van der Waals surface area contributed by atoms with E-state index in [1.807, 2.05) is 41.8 Å². The molecule has 3 aromatic rings. The number of benzene rings is 2. The minimum Gasteiger partial charge on any atom is -0.371 e. The zero-order valence-electron chi connectivity index (χ0n) is 14.2. The van der Waals surface area contributed by atoms with E-state index in [9.17, 15) is 4.39 Å². The average molecular weight is 366 g/mol. The second-order valence-corrected chi connectivity index (χ2v) is 7.03. The van der Waals surface area contributed by atoms with Crippen LogP contribution in [-0.4, -0.2) is 24.3 Å². The molecule has 0 unspecified atom stereocenters. The summed E-state index contributed by atoms with van der Waals surface area (Å²) >= 11 is 1.47. The summed E-state index contributed by atoms with van der Waals surface area (Å²) < 4.78 is 14.3. The van der Waals surface area contributed by atoms with Crippen molar-refractivity contribution in [3.63, 3.8) is 0 Å². The first-order chi connectivity index (χ1) is 12.8. The fraction of sp³-hybridized carbons (Fsp3) is 0.200. The predicted octanol–water partition coefficient (Wildman–Crippen LogP) is 5.00. The van der Waals surface area contributed by atoms with Crippen LogP contribution < -0.4 is 10.3 Å². The number of aromatic nitrogens is 1. The van der Waals surface area contributed by atoms with Gasteiger partial charge in [-0.25, -0.2) is 9.37 Å². The van der Waals surface area contributed by atoms with Crippen molar-refractivity contribution < 1.29 is 4.39 Å². The van der Waals surface area contributed by atoms with Crippen molar-refractivity contribution in [2.45, 2.75) is 12.8 Å². The van der Waals surface area contributed by atoms with Crippen molar-refractivity contribution in [1.29, 1.82) is 0 Å². The molecule has 132 valence electrons.